The summed E-state index contributed by atoms with van der Waals surface area (Å²) in [7, 11) is 0. The van der Waals surface area contributed by atoms with E-state index in [1.165, 1.54) is 0 Å². The minimum atomic E-state index is -0.685. The van der Waals surface area contributed by atoms with E-state index < -0.39 is 5.54 Å². The summed E-state index contributed by atoms with van der Waals surface area (Å²) < 4.78 is 2.49. The fourth-order valence-corrected chi connectivity index (χ4v) is 2.87. The number of rotatable bonds is 3. The van der Waals surface area contributed by atoms with Crippen LogP contribution in [0.25, 0.3) is 0 Å². The van der Waals surface area contributed by atoms with Crippen LogP contribution in [-0.2, 0) is 0 Å². The van der Waals surface area contributed by atoms with Crippen molar-refractivity contribution in [2.24, 2.45) is 5.73 Å². The molecule has 0 spiro atoms. The van der Waals surface area contributed by atoms with Crippen LogP contribution in [0.3, 0.4) is 0 Å². The van der Waals surface area contributed by atoms with Crippen LogP contribution in [0.4, 0.5) is 0 Å². The molecule has 0 unspecified atom stereocenters. The number of ketones is 1. The lowest BCUT2D eigenvalue weighted by Gasteiger charge is -2.23. The normalized spacial score (nSPS) is 18.9. The van der Waals surface area contributed by atoms with Crippen molar-refractivity contribution >= 4 is 21.7 Å². The summed E-state index contributed by atoms with van der Waals surface area (Å²) >= 11 is 3.40. The molecule has 2 rings (SSSR count). The molecule has 5 heteroatoms. The van der Waals surface area contributed by atoms with Crippen LogP contribution in [0.5, 0.6) is 0 Å². The van der Waals surface area contributed by atoms with Gasteiger partial charge >= 0.3 is 0 Å². The van der Waals surface area contributed by atoms with Crippen molar-refractivity contribution < 1.29 is 4.79 Å². The van der Waals surface area contributed by atoms with Crippen molar-refractivity contribution in [3.63, 3.8) is 0 Å². The molecule has 0 saturated heterocycles. The number of nitrogens with zero attached hydrogens (tertiary/aromatic N) is 2. The number of halogens is 1. The van der Waals surface area contributed by atoms with Gasteiger partial charge < -0.3 is 5.73 Å². The summed E-state index contributed by atoms with van der Waals surface area (Å²) in [5.41, 5.74) is 6.15. The molecule has 0 atom stereocenters. The summed E-state index contributed by atoms with van der Waals surface area (Å²) in [4.78, 5) is 12.6. The van der Waals surface area contributed by atoms with Crippen LogP contribution in [0.1, 0.15) is 56.1 Å². The smallest absolute Gasteiger partial charge is 0.201 e. The van der Waals surface area contributed by atoms with Gasteiger partial charge in [0.15, 0.2) is 0 Å². The average molecular weight is 300 g/mol. The Hall–Kier alpha value is -0.680. The van der Waals surface area contributed by atoms with Crippen molar-refractivity contribution in [1.82, 2.24) is 9.78 Å². The molecule has 0 aliphatic heterocycles. The van der Waals surface area contributed by atoms with Crippen molar-refractivity contribution in [1.29, 1.82) is 0 Å². The average Bonchev–Trinajstić information content (AvgIpc) is 2.85. The van der Waals surface area contributed by atoms with Gasteiger partial charge in [0.2, 0.25) is 5.78 Å². The monoisotopic (exact) mass is 299 g/mol. The third-order valence-electron chi connectivity index (χ3n) is 3.40. The number of Topliss-reactive ketones (excluding diaryl/α,β-unsaturated/α-hetero) is 1. The third kappa shape index (κ3) is 2.18. The molecule has 0 aromatic carbocycles. The molecule has 1 aliphatic carbocycles. The number of hydrogen-bond donors (Lipinski definition) is 1. The minimum absolute atomic E-state index is 0.0214. The summed E-state index contributed by atoms with van der Waals surface area (Å²) in [6.45, 7) is 4.02. The van der Waals surface area contributed by atoms with E-state index in [9.17, 15) is 4.79 Å². The number of aromatic nitrogens is 2. The lowest BCUT2D eigenvalue weighted by molar-refractivity contribution is 0.0878. The zero-order chi connectivity index (χ0) is 12.6. The van der Waals surface area contributed by atoms with E-state index in [-0.39, 0.29) is 11.8 Å². The molecule has 1 heterocycles. The van der Waals surface area contributed by atoms with Gasteiger partial charge in [0.05, 0.1) is 16.2 Å². The number of nitrogens with two attached hydrogens (primary N) is 1. The van der Waals surface area contributed by atoms with Crippen molar-refractivity contribution in [2.45, 2.75) is 51.1 Å². The molecule has 1 aromatic heterocycles. The van der Waals surface area contributed by atoms with E-state index in [1.54, 1.807) is 10.9 Å². The van der Waals surface area contributed by atoms with Gasteiger partial charge in [-0.2, -0.15) is 5.10 Å². The highest BCUT2D eigenvalue weighted by Crippen LogP contribution is 2.33. The molecular formula is C12H18BrN3O. The van der Waals surface area contributed by atoms with Crippen LogP contribution in [0.15, 0.2) is 10.7 Å². The van der Waals surface area contributed by atoms with Gasteiger partial charge in [0.1, 0.15) is 5.69 Å². The number of carbonyl (C=O) groups is 1. The highest BCUT2D eigenvalue weighted by atomic mass is 79.9. The van der Waals surface area contributed by atoms with E-state index in [4.69, 9.17) is 5.73 Å². The molecular weight excluding hydrogens is 282 g/mol. The molecule has 1 aliphatic rings. The zero-order valence-corrected chi connectivity index (χ0v) is 11.8. The first-order valence-electron chi connectivity index (χ1n) is 6.02. The first-order chi connectivity index (χ1) is 7.96. The second-order valence-corrected chi connectivity index (χ2v) is 5.93. The highest BCUT2D eigenvalue weighted by Gasteiger charge is 2.40. The van der Waals surface area contributed by atoms with Crippen molar-refractivity contribution in [2.75, 3.05) is 0 Å². The van der Waals surface area contributed by atoms with Crippen LogP contribution in [-0.4, -0.2) is 21.1 Å². The van der Waals surface area contributed by atoms with E-state index in [1.807, 2.05) is 13.8 Å². The molecule has 1 saturated carbocycles. The van der Waals surface area contributed by atoms with E-state index >= 15 is 0 Å². The largest absolute Gasteiger partial charge is 0.319 e. The van der Waals surface area contributed by atoms with Crippen LogP contribution < -0.4 is 5.73 Å². The Labute approximate surface area is 110 Å². The molecule has 0 bridgehead atoms. The SMILES string of the molecule is CC(C)n1ncc(Br)c1C(=O)C1(N)CCCC1. The van der Waals surface area contributed by atoms with Gasteiger partial charge in [-0.05, 0) is 42.6 Å². The first-order valence-corrected chi connectivity index (χ1v) is 6.82. The Balaban J connectivity index is 2.39. The minimum Gasteiger partial charge on any atom is -0.319 e. The molecule has 17 heavy (non-hydrogen) atoms. The van der Waals surface area contributed by atoms with Crippen LogP contribution >= 0.6 is 15.9 Å². The van der Waals surface area contributed by atoms with E-state index in [0.717, 1.165) is 30.2 Å². The molecule has 0 amide bonds. The Bertz CT molecular complexity index is 433. The van der Waals surface area contributed by atoms with Gasteiger partial charge in [-0.25, -0.2) is 0 Å². The molecule has 2 N–H and O–H groups in total. The quantitative estimate of drug-likeness (QED) is 0.873. The van der Waals surface area contributed by atoms with Crippen molar-refractivity contribution in [3.8, 4) is 0 Å². The molecule has 4 nitrogen and oxygen atoms in total. The van der Waals surface area contributed by atoms with Gasteiger partial charge in [0.25, 0.3) is 0 Å². The number of carbonyl (C=O) groups excluding carboxylic acids is 1. The standard InChI is InChI=1S/C12H18BrN3O/c1-8(2)16-10(9(13)7-15-16)11(17)12(14)5-3-4-6-12/h7-8H,3-6,14H2,1-2H3. The molecule has 94 valence electrons. The van der Waals surface area contributed by atoms with Crippen LogP contribution in [0, 0.1) is 0 Å². The molecule has 0 radical (unpaired) electrons. The predicted molar refractivity (Wildman–Crippen MR) is 70.0 cm³/mol. The van der Waals surface area contributed by atoms with Gasteiger partial charge in [-0.3, -0.25) is 9.48 Å². The maximum atomic E-state index is 12.6. The molecule has 1 aromatic rings. The van der Waals surface area contributed by atoms with Crippen molar-refractivity contribution in [3.05, 3.63) is 16.4 Å². The summed E-state index contributed by atoms with van der Waals surface area (Å²) in [5, 5.41) is 4.23. The Kier molecular flexibility index (Phi) is 3.41. The summed E-state index contributed by atoms with van der Waals surface area (Å²) in [6, 6.07) is 0.158. The van der Waals surface area contributed by atoms with E-state index in [2.05, 4.69) is 21.0 Å². The van der Waals surface area contributed by atoms with Crippen LogP contribution in [0.2, 0.25) is 0 Å². The third-order valence-corrected chi connectivity index (χ3v) is 3.98. The maximum absolute atomic E-state index is 12.6. The Morgan fingerprint density at radius 3 is 2.65 bits per heavy atom. The Morgan fingerprint density at radius 1 is 1.53 bits per heavy atom. The molecule has 1 fully saturated rings. The lowest BCUT2D eigenvalue weighted by Crippen LogP contribution is -2.46. The zero-order valence-electron chi connectivity index (χ0n) is 10.2. The van der Waals surface area contributed by atoms with Gasteiger partial charge in [-0.1, -0.05) is 12.8 Å². The van der Waals surface area contributed by atoms with E-state index in [0.29, 0.717) is 5.69 Å². The number of hydrogen-bond acceptors (Lipinski definition) is 3. The Morgan fingerprint density at radius 2 is 2.12 bits per heavy atom. The highest BCUT2D eigenvalue weighted by molar-refractivity contribution is 9.10. The maximum Gasteiger partial charge on any atom is 0.201 e. The van der Waals surface area contributed by atoms with Gasteiger partial charge in [0, 0.05) is 6.04 Å². The second-order valence-electron chi connectivity index (χ2n) is 5.07. The van der Waals surface area contributed by atoms with Gasteiger partial charge in [-0.15, -0.1) is 0 Å². The fraction of sp³-hybridized carbons (Fsp3) is 0.667. The predicted octanol–water partition coefficient (Wildman–Crippen LogP) is 2.68. The summed E-state index contributed by atoms with van der Waals surface area (Å²) in [6.07, 6.45) is 5.31. The fourth-order valence-electron chi connectivity index (χ4n) is 2.41. The summed E-state index contributed by atoms with van der Waals surface area (Å²) in [5.74, 6) is 0.0214. The first kappa shape index (κ1) is 12.8. The topological polar surface area (TPSA) is 60.9 Å². The second kappa shape index (κ2) is 4.53. The lowest BCUT2D eigenvalue weighted by atomic mass is 9.91.